The zero-order chi connectivity index (χ0) is 16.8. The van der Waals surface area contributed by atoms with Crippen LogP contribution < -0.4 is 10.6 Å². The standard InChI is InChI=1S/C14H19F3N2O2S/c1-13(21,7-8-22-2)9-18-12(20)19-11-5-3-10(4-6-11)14(15,16)17/h3-6,21H,7-9H2,1-2H3,(H2,18,19,20). The third-order valence-corrected chi connectivity index (χ3v) is 3.56. The minimum atomic E-state index is -4.41. The molecule has 0 saturated heterocycles. The van der Waals surface area contributed by atoms with Crippen molar-refractivity contribution >= 4 is 23.5 Å². The number of amides is 2. The lowest BCUT2D eigenvalue weighted by Crippen LogP contribution is -2.42. The third kappa shape index (κ3) is 6.57. The van der Waals surface area contributed by atoms with Gasteiger partial charge in [-0.05, 0) is 49.6 Å². The molecule has 1 atom stereocenters. The summed E-state index contributed by atoms with van der Waals surface area (Å²) >= 11 is 1.59. The molecule has 4 nitrogen and oxygen atoms in total. The van der Waals surface area contributed by atoms with Crippen LogP contribution in [0.15, 0.2) is 24.3 Å². The molecule has 1 aromatic rings. The maximum Gasteiger partial charge on any atom is 0.416 e. The molecule has 0 radical (unpaired) electrons. The highest BCUT2D eigenvalue weighted by molar-refractivity contribution is 7.98. The van der Waals surface area contributed by atoms with Crippen LogP contribution in [0, 0.1) is 0 Å². The number of carbonyl (C=O) groups is 1. The number of anilines is 1. The van der Waals surface area contributed by atoms with Gasteiger partial charge in [-0.1, -0.05) is 0 Å². The lowest BCUT2D eigenvalue weighted by atomic mass is 10.0. The molecule has 0 aliphatic heterocycles. The van der Waals surface area contributed by atoms with E-state index in [-0.39, 0.29) is 12.2 Å². The highest BCUT2D eigenvalue weighted by atomic mass is 32.2. The summed E-state index contributed by atoms with van der Waals surface area (Å²) in [6.45, 7) is 1.67. The molecular weight excluding hydrogens is 317 g/mol. The molecule has 0 spiro atoms. The van der Waals surface area contributed by atoms with Crippen LogP contribution in [-0.4, -0.2) is 35.3 Å². The van der Waals surface area contributed by atoms with E-state index in [0.717, 1.165) is 17.9 Å². The number of rotatable bonds is 6. The van der Waals surface area contributed by atoms with Crippen LogP contribution >= 0.6 is 11.8 Å². The van der Waals surface area contributed by atoms with Crippen molar-refractivity contribution in [1.82, 2.24) is 5.32 Å². The minimum absolute atomic E-state index is 0.0556. The summed E-state index contributed by atoms with van der Waals surface area (Å²) in [4.78, 5) is 11.7. The van der Waals surface area contributed by atoms with Crippen LogP contribution in [0.2, 0.25) is 0 Å². The van der Waals surface area contributed by atoms with E-state index in [9.17, 15) is 23.1 Å². The van der Waals surface area contributed by atoms with Gasteiger partial charge in [-0.15, -0.1) is 0 Å². The van der Waals surface area contributed by atoms with E-state index in [1.54, 1.807) is 18.7 Å². The molecule has 8 heteroatoms. The van der Waals surface area contributed by atoms with Gasteiger partial charge >= 0.3 is 12.2 Å². The number of alkyl halides is 3. The number of nitrogens with one attached hydrogen (secondary N) is 2. The largest absolute Gasteiger partial charge is 0.416 e. The maximum atomic E-state index is 12.4. The van der Waals surface area contributed by atoms with Crippen LogP contribution in [0.3, 0.4) is 0 Å². The van der Waals surface area contributed by atoms with E-state index in [4.69, 9.17) is 0 Å². The number of thioether (sulfide) groups is 1. The van der Waals surface area contributed by atoms with Gasteiger partial charge in [-0.3, -0.25) is 0 Å². The number of benzene rings is 1. The molecule has 0 aromatic heterocycles. The predicted molar refractivity (Wildman–Crippen MR) is 82.1 cm³/mol. The highest BCUT2D eigenvalue weighted by Gasteiger charge is 2.30. The van der Waals surface area contributed by atoms with E-state index < -0.39 is 23.4 Å². The fraction of sp³-hybridized carbons (Fsp3) is 0.500. The van der Waals surface area contributed by atoms with E-state index in [1.807, 2.05) is 6.26 Å². The van der Waals surface area contributed by atoms with Crippen LogP contribution in [0.4, 0.5) is 23.7 Å². The Morgan fingerprint density at radius 3 is 2.36 bits per heavy atom. The first-order chi connectivity index (χ1) is 10.1. The lowest BCUT2D eigenvalue weighted by molar-refractivity contribution is -0.137. The normalized spacial score (nSPS) is 14.3. The Balaban J connectivity index is 2.48. The van der Waals surface area contributed by atoms with Crippen molar-refractivity contribution in [3.05, 3.63) is 29.8 Å². The third-order valence-electron chi connectivity index (χ3n) is 2.94. The van der Waals surface area contributed by atoms with Crippen LogP contribution in [-0.2, 0) is 6.18 Å². The second-order valence-electron chi connectivity index (χ2n) is 5.12. The van der Waals surface area contributed by atoms with Gasteiger partial charge in [0.1, 0.15) is 0 Å². The number of aliphatic hydroxyl groups is 1. The molecule has 0 aliphatic carbocycles. The van der Waals surface area contributed by atoms with Crippen LogP contribution in [0.25, 0.3) is 0 Å². The first-order valence-electron chi connectivity index (χ1n) is 6.57. The molecule has 124 valence electrons. The molecule has 0 heterocycles. The van der Waals surface area contributed by atoms with Crippen molar-refractivity contribution < 1.29 is 23.1 Å². The minimum Gasteiger partial charge on any atom is -0.388 e. The topological polar surface area (TPSA) is 61.4 Å². The summed E-state index contributed by atoms with van der Waals surface area (Å²) in [6, 6.07) is 3.56. The molecule has 1 aromatic carbocycles. The van der Waals surface area contributed by atoms with E-state index in [0.29, 0.717) is 6.42 Å². The SMILES string of the molecule is CSCCC(C)(O)CNC(=O)Nc1ccc(C(F)(F)F)cc1. The van der Waals surface area contributed by atoms with Gasteiger partial charge < -0.3 is 15.7 Å². The molecule has 0 fully saturated rings. The maximum absolute atomic E-state index is 12.4. The Morgan fingerprint density at radius 2 is 1.86 bits per heavy atom. The fourth-order valence-corrected chi connectivity index (χ4v) is 2.24. The number of carbonyl (C=O) groups excluding carboxylic acids is 1. The Bertz CT molecular complexity index is 490. The Morgan fingerprint density at radius 1 is 1.27 bits per heavy atom. The van der Waals surface area contributed by atoms with E-state index in [1.165, 1.54) is 12.1 Å². The number of urea groups is 1. The van der Waals surface area contributed by atoms with Gasteiger partial charge in [0.15, 0.2) is 0 Å². The van der Waals surface area contributed by atoms with Crippen molar-refractivity contribution in [2.75, 3.05) is 23.9 Å². The Labute approximate surface area is 131 Å². The second-order valence-corrected chi connectivity index (χ2v) is 6.11. The molecule has 0 aliphatic rings. The van der Waals surface area contributed by atoms with Crippen molar-refractivity contribution in [2.45, 2.75) is 25.1 Å². The van der Waals surface area contributed by atoms with Crippen LogP contribution in [0.5, 0.6) is 0 Å². The average Bonchev–Trinajstić information content (AvgIpc) is 2.43. The average molecular weight is 336 g/mol. The molecule has 1 unspecified atom stereocenters. The molecule has 1 rings (SSSR count). The summed E-state index contributed by atoms with van der Waals surface area (Å²) < 4.78 is 37.2. The summed E-state index contributed by atoms with van der Waals surface area (Å²) in [5.74, 6) is 0.759. The zero-order valence-corrected chi connectivity index (χ0v) is 13.1. The van der Waals surface area contributed by atoms with E-state index >= 15 is 0 Å². The van der Waals surface area contributed by atoms with Crippen molar-refractivity contribution in [3.63, 3.8) is 0 Å². The van der Waals surface area contributed by atoms with Gasteiger partial charge in [0, 0.05) is 12.2 Å². The van der Waals surface area contributed by atoms with Crippen molar-refractivity contribution in [1.29, 1.82) is 0 Å². The van der Waals surface area contributed by atoms with Gasteiger partial charge in [-0.2, -0.15) is 24.9 Å². The highest BCUT2D eigenvalue weighted by Crippen LogP contribution is 2.29. The second kappa shape index (κ2) is 7.73. The van der Waals surface area contributed by atoms with E-state index in [2.05, 4.69) is 10.6 Å². The van der Waals surface area contributed by atoms with Crippen molar-refractivity contribution in [3.8, 4) is 0 Å². The summed E-state index contributed by atoms with van der Waals surface area (Å²) in [7, 11) is 0. The van der Waals surface area contributed by atoms with Gasteiger partial charge in [0.05, 0.1) is 11.2 Å². The molecular formula is C14H19F3N2O2S. The molecule has 3 N–H and O–H groups in total. The van der Waals surface area contributed by atoms with Crippen molar-refractivity contribution in [2.24, 2.45) is 0 Å². The first kappa shape index (κ1) is 18.6. The lowest BCUT2D eigenvalue weighted by Gasteiger charge is -2.23. The Hall–Kier alpha value is -1.41. The fourth-order valence-electron chi connectivity index (χ4n) is 1.60. The monoisotopic (exact) mass is 336 g/mol. The zero-order valence-electron chi connectivity index (χ0n) is 12.3. The van der Waals surface area contributed by atoms with Gasteiger partial charge in [0.2, 0.25) is 0 Å². The Kier molecular flexibility index (Phi) is 6.55. The molecule has 22 heavy (non-hydrogen) atoms. The van der Waals surface area contributed by atoms with Gasteiger partial charge in [-0.25, -0.2) is 4.79 Å². The number of halogens is 3. The molecule has 0 bridgehead atoms. The quantitative estimate of drug-likeness (QED) is 0.747. The molecule has 2 amide bonds. The van der Waals surface area contributed by atoms with Gasteiger partial charge in [0.25, 0.3) is 0 Å². The summed E-state index contributed by atoms with van der Waals surface area (Å²) in [5.41, 5.74) is -1.56. The molecule has 0 saturated carbocycles. The predicted octanol–water partition coefficient (Wildman–Crippen LogP) is 3.33. The smallest absolute Gasteiger partial charge is 0.388 e. The number of hydrogen-bond acceptors (Lipinski definition) is 3. The number of hydrogen-bond donors (Lipinski definition) is 3. The summed E-state index contributed by atoms with van der Waals surface area (Å²) in [6.07, 6.45) is -1.97. The first-order valence-corrected chi connectivity index (χ1v) is 7.97. The van der Waals surface area contributed by atoms with Crippen LogP contribution in [0.1, 0.15) is 18.9 Å². The summed E-state index contributed by atoms with van der Waals surface area (Å²) in [5, 5.41) is 14.9.